The Morgan fingerprint density at radius 3 is 1.23 bits per heavy atom. The van der Waals surface area contributed by atoms with Crippen LogP contribution in [0.5, 0.6) is 0 Å². The summed E-state index contributed by atoms with van der Waals surface area (Å²) in [4.78, 5) is 0. The first kappa shape index (κ1) is 51.4. The summed E-state index contributed by atoms with van der Waals surface area (Å²) in [5.41, 5.74) is 27.9. The number of hydrogen-bond acceptors (Lipinski definition) is 2. The van der Waals surface area contributed by atoms with Gasteiger partial charge in [-0.05, 0) is 153 Å². The van der Waals surface area contributed by atoms with Gasteiger partial charge in [0.25, 0.3) is 0 Å². The summed E-state index contributed by atoms with van der Waals surface area (Å²) in [7, 11) is 0. The largest absolute Gasteiger partial charge is 0.453 e. The summed E-state index contributed by atoms with van der Waals surface area (Å²) >= 11 is 1.96. The van der Waals surface area contributed by atoms with E-state index in [1.54, 1.807) is 0 Å². The highest BCUT2D eigenvalue weighted by atomic mass is 32.1. The van der Waals surface area contributed by atoms with Gasteiger partial charge in [0.1, 0.15) is 5.58 Å². The highest BCUT2D eigenvalue weighted by molar-refractivity contribution is 7.26. The predicted octanol–water partition coefficient (Wildman–Crippen LogP) is 24.0. The highest BCUT2D eigenvalue weighted by Crippen LogP contribution is 2.56. The fraction of sp³-hybridized carbons (Fsp3) is 0.0345. The molecule has 0 atom stereocenters. The molecular weight excluding hydrogens is 1140 g/mol. The second-order valence-electron chi connectivity index (χ2n) is 25.0. The van der Waals surface area contributed by atoms with Crippen LogP contribution in [0.15, 0.2) is 296 Å². The van der Waals surface area contributed by atoms with Crippen molar-refractivity contribution in [3.05, 3.63) is 319 Å². The SMILES string of the molecule is Cc1ccc(-n2c3ccccc3c3ccccc32)c2oc3c(-c4cccc(-n5c6ccccc6c6ccccc65)c4)ccc(-c4ccc(C5c6ccccc6-c6ccccc65)c5sc6c(-c7cccc(-n8c9ccccc9c9ccccc98)c7)ccc(C)c6c45)c3c12. The second kappa shape index (κ2) is 19.5. The van der Waals surface area contributed by atoms with Gasteiger partial charge in [0, 0.05) is 86.1 Å². The fourth-order valence-electron chi connectivity index (χ4n) is 16.3. The Kier molecular flexibility index (Phi) is 10.9. The maximum atomic E-state index is 7.84. The van der Waals surface area contributed by atoms with Crippen molar-refractivity contribution in [2.75, 3.05) is 0 Å². The summed E-state index contributed by atoms with van der Waals surface area (Å²) < 4.78 is 17.7. The zero-order chi connectivity index (χ0) is 60.4. The molecule has 0 aliphatic heterocycles. The third-order valence-electron chi connectivity index (χ3n) is 20.2. The van der Waals surface area contributed by atoms with Crippen LogP contribution in [0.25, 0.3) is 169 Å². The number of nitrogens with zero attached hydrogens (tertiary/aromatic N) is 3. The lowest BCUT2D eigenvalue weighted by molar-refractivity contribution is 0.667. The molecule has 5 heteroatoms. The third kappa shape index (κ3) is 7.17. The molecule has 430 valence electrons. The third-order valence-corrected chi connectivity index (χ3v) is 21.5. The van der Waals surface area contributed by atoms with Crippen LogP contribution in [0.1, 0.15) is 33.7 Å². The zero-order valence-corrected chi connectivity index (χ0v) is 51.3. The highest BCUT2D eigenvalue weighted by Gasteiger charge is 2.33. The van der Waals surface area contributed by atoms with Crippen molar-refractivity contribution in [2.24, 2.45) is 0 Å². The van der Waals surface area contributed by atoms with Crippen LogP contribution in [-0.2, 0) is 0 Å². The molecule has 19 aromatic rings. The Morgan fingerprint density at radius 1 is 0.283 bits per heavy atom. The molecule has 0 bridgehead atoms. The Morgan fingerprint density at radius 2 is 0.696 bits per heavy atom. The molecule has 0 spiro atoms. The Labute approximate surface area is 533 Å². The minimum atomic E-state index is 0.0318. The molecule has 4 nitrogen and oxygen atoms in total. The van der Waals surface area contributed by atoms with E-state index in [2.05, 4.69) is 319 Å². The number of furan rings is 1. The van der Waals surface area contributed by atoms with Crippen molar-refractivity contribution >= 4 is 119 Å². The normalized spacial score (nSPS) is 12.6. The summed E-state index contributed by atoms with van der Waals surface area (Å²) in [5, 5.41) is 12.2. The van der Waals surface area contributed by atoms with Crippen LogP contribution >= 0.6 is 11.3 Å². The lowest BCUT2D eigenvalue weighted by Crippen LogP contribution is -2.00. The van der Waals surface area contributed by atoms with Crippen LogP contribution in [0.2, 0.25) is 0 Å². The van der Waals surface area contributed by atoms with Gasteiger partial charge in [-0.15, -0.1) is 11.3 Å². The van der Waals surface area contributed by atoms with Gasteiger partial charge < -0.3 is 18.1 Å². The molecule has 5 heterocycles. The number of fused-ring (bicyclic) bond motifs is 18. The smallest absolute Gasteiger partial charge is 0.159 e. The molecule has 20 rings (SSSR count). The van der Waals surface area contributed by atoms with Crippen molar-refractivity contribution in [3.63, 3.8) is 0 Å². The van der Waals surface area contributed by atoms with Gasteiger partial charge in [-0.1, -0.05) is 218 Å². The van der Waals surface area contributed by atoms with E-state index in [1.165, 1.54) is 125 Å². The van der Waals surface area contributed by atoms with Crippen LogP contribution in [-0.4, -0.2) is 13.7 Å². The van der Waals surface area contributed by atoms with E-state index in [0.29, 0.717) is 0 Å². The van der Waals surface area contributed by atoms with Gasteiger partial charge in [0.05, 0.1) is 38.8 Å². The maximum Gasteiger partial charge on any atom is 0.159 e. The number of rotatable bonds is 7. The number of para-hydroxylation sites is 6. The summed E-state index contributed by atoms with van der Waals surface area (Å²) in [5.74, 6) is 0.0318. The Bertz CT molecular complexity index is 6170. The van der Waals surface area contributed by atoms with E-state index in [9.17, 15) is 0 Å². The van der Waals surface area contributed by atoms with Crippen molar-refractivity contribution < 1.29 is 4.42 Å². The average Bonchev–Trinajstić information content (AvgIpc) is 1.54. The molecule has 14 aromatic carbocycles. The topological polar surface area (TPSA) is 27.9 Å². The van der Waals surface area contributed by atoms with Gasteiger partial charge in [0.2, 0.25) is 0 Å². The maximum absolute atomic E-state index is 7.84. The average molecular weight is 1190 g/mol. The molecule has 0 saturated heterocycles. The van der Waals surface area contributed by atoms with Gasteiger partial charge in [-0.25, -0.2) is 0 Å². The minimum absolute atomic E-state index is 0.0318. The predicted molar refractivity (Wildman–Crippen MR) is 388 cm³/mol. The van der Waals surface area contributed by atoms with E-state index in [-0.39, 0.29) is 5.92 Å². The molecule has 0 amide bonds. The van der Waals surface area contributed by atoms with E-state index >= 15 is 0 Å². The van der Waals surface area contributed by atoms with Gasteiger partial charge in [-0.2, -0.15) is 0 Å². The van der Waals surface area contributed by atoms with Crippen LogP contribution in [0, 0.1) is 13.8 Å². The van der Waals surface area contributed by atoms with E-state index in [0.717, 1.165) is 72.3 Å². The summed E-state index contributed by atoms with van der Waals surface area (Å²) in [6.07, 6.45) is 0. The molecule has 0 saturated carbocycles. The quantitative estimate of drug-likeness (QED) is 0.156. The van der Waals surface area contributed by atoms with Crippen LogP contribution < -0.4 is 0 Å². The molecule has 1 aliphatic carbocycles. The van der Waals surface area contributed by atoms with Crippen LogP contribution in [0.3, 0.4) is 0 Å². The first-order valence-electron chi connectivity index (χ1n) is 31.8. The number of aromatic nitrogens is 3. The van der Waals surface area contributed by atoms with Crippen molar-refractivity contribution in [3.8, 4) is 61.6 Å². The number of benzene rings is 14. The van der Waals surface area contributed by atoms with Crippen molar-refractivity contribution in [2.45, 2.75) is 19.8 Å². The standard InChI is InChI=1S/C87H55N3OS/c1-51-42-48-78(90-76-39-17-11-31-65(76)66-32-12-18-40-77(66)90)85-79(51)82-69(45-44-57(84(82)91-85)53-21-19-23-55(49-53)88-72-35-13-7-27-61(72)62-28-8-14-36-73(62)88)70-46-47-71(81-67-33-5-3-25-59(67)60-26-4-6-34-68(60)81)87-83(70)80-52(2)41-43-58(86(80)92-87)54-22-20-24-56(50-54)89-74-37-15-9-29-63(74)64-30-10-16-38-75(64)89/h3-50,81H,1-2H3. The Hall–Kier alpha value is -11.5. The molecular formula is C87H55N3OS. The fourth-order valence-corrected chi connectivity index (χ4v) is 17.8. The van der Waals surface area contributed by atoms with Gasteiger partial charge in [0.15, 0.2) is 5.58 Å². The van der Waals surface area contributed by atoms with Gasteiger partial charge >= 0.3 is 0 Å². The summed E-state index contributed by atoms with van der Waals surface area (Å²) in [6, 6.07) is 108. The molecule has 5 aromatic heterocycles. The zero-order valence-electron chi connectivity index (χ0n) is 50.4. The van der Waals surface area contributed by atoms with E-state index < -0.39 is 0 Å². The summed E-state index contributed by atoms with van der Waals surface area (Å²) in [6.45, 7) is 4.59. The lowest BCUT2D eigenvalue weighted by Gasteiger charge is -2.18. The minimum Gasteiger partial charge on any atom is -0.453 e. The molecule has 1 aliphatic rings. The van der Waals surface area contributed by atoms with Crippen molar-refractivity contribution in [1.29, 1.82) is 0 Å². The molecule has 0 unspecified atom stereocenters. The first-order valence-corrected chi connectivity index (χ1v) is 32.7. The molecule has 0 N–H and O–H groups in total. The number of aryl methyl sites for hydroxylation is 2. The molecule has 0 fully saturated rings. The Balaban J connectivity index is 0.884. The van der Waals surface area contributed by atoms with Gasteiger partial charge in [-0.3, -0.25) is 0 Å². The molecule has 92 heavy (non-hydrogen) atoms. The van der Waals surface area contributed by atoms with Crippen LogP contribution in [0.4, 0.5) is 0 Å². The number of hydrogen-bond donors (Lipinski definition) is 0. The lowest BCUT2D eigenvalue weighted by atomic mass is 9.85. The second-order valence-corrected chi connectivity index (χ2v) is 26.1. The van der Waals surface area contributed by atoms with Crippen molar-refractivity contribution in [1.82, 2.24) is 13.7 Å². The van der Waals surface area contributed by atoms with E-state index in [1.807, 2.05) is 11.3 Å². The number of thiophene rings is 1. The molecule has 0 radical (unpaired) electrons. The van der Waals surface area contributed by atoms with E-state index in [4.69, 9.17) is 4.42 Å². The first-order chi connectivity index (χ1) is 45.5. The monoisotopic (exact) mass is 1190 g/mol.